The highest BCUT2D eigenvalue weighted by atomic mass is 19.1. The van der Waals surface area contributed by atoms with Gasteiger partial charge in [0.05, 0.1) is 6.10 Å². The lowest BCUT2D eigenvalue weighted by atomic mass is 9.44. The summed E-state index contributed by atoms with van der Waals surface area (Å²) in [5.74, 6) is -6.13. The van der Waals surface area contributed by atoms with Crippen molar-refractivity contribution >= 4 is 23.5 Å². The maximum atomic E-state index is 17.0. The van der Waals surface area contributed by atoms with E-state index in [0.717, 1.165) is 6.92 Å². The molecule has 0 aliphatic heterocycles. The number of fused-ring (bicyclic) bond motifs is 5. The van der Waals surface area contributed by atoms with Crippen LogP contribution < -0.4 is 0 Å². The van der Waals surface area contributed by atoms with E-state index in [2.05, 4.69) is 0 Å². The summed E-state index contributed by atoms with van der Waals surface area (Å²) in [6.45, 7) is 4.15. The number of ether oxygens (including phenoxy) is 1. The van der Waals surface area contributed by atoms with Gasteiger partial charge in [0.25, 0.3) is 5.78 Å². The van der Waals surface area contributed by atoms with E-state index in [0.29, 0.717) is 12.0 Å². The number of halogens is 1. The predicted molar refractivity (Wildman–Crippen MR) is 107 cm³/mol. The third-order valence-corrected chi connectivity index (χ3v) is 8.68. The molecule has 8 atom stereocenters. The number of rotatable bonds is 3. The monoisotopic (exact) mass is 450 g/mol. The fraction of sp³-hybridized carbons (Fsp3) is 0.652. The molecule has 0 aromatic heterocycles. The average molecular weight is 450 g/mol. The Labute approximate surface area is 184 Å². The van der Waals surface area contributed by atoms with Crippen molar-refractivity contribution in [3.63, 3.8) is 0 Å². The third-order valence-electron chi connectivity index (χ3n) is 8.68. The van der Waals surface area contributed by atoms with Gasteiger partial charge in [0, 0.05) is 23.7 Å². The van der Waals surface area contributed by atoms with Gasteiger partial charge in [-0.2, -0.15) is 0 Å². The minimum atomic E-state index is -2.62. The van der Waals surface area contributed by atoms with E-state index in [4.69, 9.17) is 4.74 Å². The number of hydrogen-bond acceptors (Lipinski definition) is 7. The van der Waals surface area contributed by atoms with E-state index in [1.165, 1.54) is 25.2 Å². The summed E-state index contributed by atoms with van der Waals surface area (Å²) in [7, 11) is 0. The van der Waals surface area contributed by atoms with Gasteiger partial charge >= 0.3 is 11.9 Å². The second-order valence-electron chi connectivity index (χ2n) is 10.00. The Morgan fingerprint density at radius 1 is 1.22 bits per heavy atom. The number of aliphatic carboxylic acids is 1. The number of ketones is 2. The van der Waals surface area contributed by atoms with Crippen molar-refractivity contribution < 1.29 is 43.6 Å². The van der Waals surface area contributed by atoms with E-state index in [-0.39, 0.29) is 18.6 Å². The summed E-state index contributed by atoms with van der Waals surface area (Å²) in [5, 5.41) is 32.1. The van der Waals surface area contributed by atoms with Gasteiger partial charge in [0.2, 0.25) is 0 Å². The highest BCUT2D eigenvalue weighted by Gasteiger charge is 2.77. The standard InChI is InChI=1S/C23H27FO8/c1-11(25)32-17-9-15-14-5-4-12-8-13(26)6-7-20(12,2)22(14,24)16(27)10-21(15,3)23(17,31)18(28)19(29)30/h6-8,14-17,27,31H,4-5,9-10H2,1-3H3,(H,29,30)/t14-,15-,16-,17?,20-,21-,22-,23-/m0/s1. The fourth-order valence-corrected chi connectivity index (χ4v) is 7.10. The molecule has 3 N–H and O–H groups in total. The van der Waals surface area contributed by atoms with Gasteiger partial charge in [-0.15, -0.1) is 0 Å². The molecule has 0 bridgehead atoms. The quantitative estimate of drug-likeness (QED) is 0.432. The Hall–Kier alpha value is -2.39. The second kappa shape index (κ2) is 6.81. The Balaban J connectivity index is 1.86. The van der Waals surface area contributed by atoms with Gasteiger partial charge in [-0.05, 0) is 50.7 Å². The second-order valence-corrected chi connectivity index (χ2v) is 10.00. The molecule has 3 fully saturated rings. The number of carbonyl (C=O) groups excluding carboxylic acids is 3. The fourth-order valence-electron chi connectivity index (χ4n) is 7.10. The Kier molecular flexibility index (Phi) is 4.85. The molecule has 9 heteroatoms. The number of carboxylic acid groups (broad SMARTS) is 1. The number of Topliss-reactive ketones (excluding diaryl/α,β-unsaturated/α-hetero) is 1. The van der Waals surface area contributed by atoms with Crippen LogP contribution in [0.4, 0.5) is 4.39 Å². The molecule has 4 aliphatic rings. The van der Waals surface area contributed by atoms with Crippen LogP contribution in [0.2, 0.25) is 0 Å². The van der Waals surface area contributed by atoms with Crippen molar-refractivity contribution in [2.24, 2.45) is 22.7 Å². The van der Waals surface area contributed by atoms with Crippen LogP contribution in [-0.2, 0) is 23.9 Å². The molecule has 0 amide bonds. The highest BCUT2D eigenvalue weighted by Crippen LogP contribution is 2.70. The normalized spacial score (nSPS) is 47.1. The maximum Gasteiger partial charge on any atom is 0.375 e. The molecular weight excluding hydrogens is 423 g/mol. The number of alkyl halides is 1. The summed E-state index contributed by atoms with van der Waals surface area (Å²) in [6.07, 6.45) is 1.04. The lowest BCUT2D eigenvalue weighted by molar-refractivity contribution is -0.223. The molecule has 0 radical (unpaired) electrons. The van der Waals surface area contributed by atoms with Crippen LogP contribution in [0.3, 0.4) is 0 Å². The van der Waals surface area contributed by atoms with Gasteiger partial charge in [-0.25, -0.2) is 9.18 Å². The summed E-state index contributed by atoms with van der Waals surface area (Å²) in [4.78, 5) is 47.9. The number of carbonyl (C=O) groups is 4. The molecule has 1 unspecified atom stereocenters. The minimum absolute atomic E-state index is 0.119. The first-order valence-electron chi connectivity index (χ1n) is 10.7. The van der Waals surface area contributed by atoms with Crippen LogP contribution >= 0.6 is 0 Å². The summed E-state index contributed by atoms with van der Waals surface area (Å²) < 4.78 is 22.2. The van der Waals surface area contributed by atoms with E-state index >= 15 is 4.39 Å². The molecule has 174 valence electrons. The smallest absolute Gasteiger partial charge is 0.375 e. The number of hydrogen-bond donors (Lipinski definition) is 3. The molecule has 0 aromatic carbocycles. The number of carboxylic acids is 1. The maximum absolute atomic E-state index is 17.0. The Morgan fingerprint density at radius 3 is 2.47 bits per heavy atom. The van der Waals surface area contributed by atoms with Crippen LogP contribution in [0, 0.1) is 22.7 Å². The zero-order valence-electron chi connectivity index (χ0n) is 18.1. The number of esters is 1. The lowest BCUT2D eigenvalue weighted by Crippen LogP contribution is -2.70. The van der Waals surface area contributed by atoms with Gasteiger partial charge in [-0.3, -0.25) is 14.4 Å². The molecule has 4 aliphatic carbocycles. The SMILES string of the molecule is CC(=O)OC1C[C@H]2[C@@H]3CCC4=CC(=O)C=C[C@]4(C)[C@@]3(F)[C@@H](O)C[C@]2(C)[C@@]1(O)C(=O)C(=O)O. The highest BCUT2D eigenvalue weighted by molar-refractivity contribution is 6.36. The van der Waals surface area contributed by atoms with Crippen molar-refractivity contribution in [3.05, 3.63) is 23.8 Å². The molecule has 4 rings (SSSR count). The van der Waals surface area contributed by atoms with E-state index in [1.807, 2.05) is 0 Å². The summed E-state index contributed by atoms with van der Waals surface area (Å²) >= 11 is 0. The molecule has 3 saturated carbocycles. The van der Waals surface area contributed by atoms with Crippen molar-refractivity contribution in [2.45, 2.75) is 69.9 Å². The van der Waals surface area contributed by atoms with E-state index in [9.17, 15) is 34.5 Å². The molecule has 0 heterocycles. The summed E-state index contributed by atoms with van der Waals surface area (Å²) in [6, 6.07) is 0. The number of aliphatic hydroxyl groups excluding tert-OH is 1. The molecular formula is C23H27FO8. The largest absolute Gasteiger partial charge is 0.475 e. The van der Waals surface area contributed by atoms with Gasteiger partial charge in [0.1, 0.15) is 6.10 Å². The topological polar surface area (TPSA) is 138 Å². The first-order chi connectivity index (χ1) is 14.7. The Morgan fingerprint density at radius 2 is 1.88 bits per heavy atom. The van der Waals surface area contributed by atoms with Gasteiger partial charge in [0.15, 0.2) is 17.1 Å². The minimum Gasteiger partial charge on any atom is -0.475 e. The van der Waals surface area contributed by atoms with Crippen LogP contribution in [0.15, 0.2) is 23.8 Å². The zero-order valence-corrected chi connectivity index (χ0v) is 18.1. The van der Waals surface area contributed by atoms with Crippen molar-refractivity contribution in [3.8, 4) is 0 Å². The van der Waals surface area contributed by atoms with Crippen molar-refractivity contribution in [1.29, 1.82) is 0 Å². The zero-order chi connectivity index (χ0) is 23.9. The number of aliphatic hydroxyl groups is 2. The third kappa shape index (κ3) is 2.55. The molecule has 0 saturated heterocycles. The predicted octanol–water partition coefficient (Wildman–Crippen LogP) is 1.28. The first kappa shape index (κ1) is 22.8. The van der Waals surface area contributed by atoms with Crippen LogP contribution in [0.5, 0.6) is 0 Å². The van der Waals surface area contributed by atoms with Gasteiger partial charge in [-0.1, -0.05) is 18.6 Å². The van der Waals surface area contributed by atoms with Crippen molar-refractivity contribution in [1.82, 2.24) is 0 Å². The average Bonchev–Trinajstić information content (AvgIpc) is 2.91. The summed E-state index contributed by atoms with van der Waals surface area (Å²) in [5.41, 5.74) is -7.10. The molecule has 0 aromatic rings. The number of allylic oxidation sites excluding steroid dienone is 4. The van der Waals surface area contributed by atoms with Crippen LogP contribution in [0.1, 0.15) is 46.5 Å². The van der Waals surface area contributed by atoms with E-state index < -0.39 is 70.3 Å². The van der Waals surface area contributed by atoms with Crippen molar-refractivity contribution in [2.75, 3.05) is 0 Å². The molecule has 8 nitrogen and oxygen atoms in total. The first-order valence-corrected chi connectivity index (χ1v) is 10.7. The molecule has 32 heavy (non-hydrogen) atoms. The molecule has 0 spiro atoms. The van der Waals surface area contributed by atoms with Crippen LogP contribution in [-0.4, -0.2) is 62.3 Å². The Bertz CT molecular complexity index is 986. The van der Waals surface area contributed by atoms with E-state index in [1.54, 1.807) is 6.92 Å². The van der Waals surface area contributed by atoms with Gasteiger partial charge < -0.3 is 20.1 Å². The lowest BCUT2D eigenvalue weighted by Gasteiger charge is -2.62. The van der Waals surface area contributed by atoms with Crippen LogP contribution in [0.25, 0.3) is 0 Å².